The van der Waals surface area contributed by atoms with E-state index in [2.05, 4.69) is 4.72 Å². The third kappa shape index (κ3) is 5.02. The van der Waals surface area contributed by atoms with Gasteiger partial charge in [0.15, 0.2) is 0 Å². The molecule has 2 aromatic carbocycles. The molecule has 2 aliphatic rings. The lowest BCUT2D eigenvalue weighted by Crippen LogP contribution is -2.47. The van der Waals surface area contributed by atoms with Gasteiger partial charge in [0.25, 0.3) is 5.76 Å². The summed E-state index contributed by atoms with van der Waals surface area (Å²) in [6.45, 7) is 0.199. The molecule has 1 aliphatic carbocycles. The number of nitrogens with zero attached hydrogens (tertiary/aromatic N) is 1. The van der Waals surface area contributed by atoms with Crippen molar-refractivity contribution in [2.24, 2.45) is 5.41 Å². The fraction of sp³-hybridized carbons (Fsp3) is 0.435. The van der Waals surface area contributed by atoms with Crippen LogP contribution in [0.25, 0.3) is 11.1 Å². The van der Waals surface area contributed by atoms with Crippen molar-refractivity contribution in [3.8, 4) is 11.1 Å². The van der Waals surface area contributed by atoms with E-state index in [4.69, 9.17) is 4.74 Å². The Hall–Kier alpha value is -2.17. The van der Waals surface area contributed by atoms with Gasteiger partial charge in [-0.05, 0) is 54.5 Å². The smallest absolute Gasteiger partial charge is 0.297 e. The molecular formula is C23H23F5N2O2S. The Morgan fingerprint density at radius 2 is 1.91 bits per heavy atom. The van der Waals surface area contributed by atoms with E-state index in [1.165, 1.54) is 19.2 Å². The Balaban J connectivity index is 1.67. The number of methoxy groups -OCH3 is 1. The number of rotatable bonds is 8. The first-order valence-corrected chi connectivity index (χ1v) is 11.3. The van der Waals surface area contributed by atoms with Crippen molar-refractivity contribution >= 4 is 17.9 Å². The first-order chi connectivity index (χ1) is 15.7. The number of alkyl halides is 2. The Morgan fingerprint density at radius 3 is 2.52 bits per heavy atom. The van der Waals surface area contributed by atoms with E-state index in [0.29, 0.717) is 24.6 Å². The Labute approximate surface area is 192 Å². The van der Waals surface area contributed by atoms with Gasteiger partial charge in [-0.3, -0.25) is 9.52 Å². The Kier molecular flexibility index (Phi) is 6.97. The largest absolute Gasteiger partial charge is 0.375 e. The van der Waals surface area contributed by atoms with Crippen LogP contribution in [0.2, 0.25) is 0 Å². The molecule has 1 spiro atoms. The number of carbonyl (C=O) groups excluding carboxylic acids is 1. The monoisotopic (exact) mass is 486 g/mol. The maximum Gasteiger partial charge on any atom is 0.297 e. The molecule has 1 N–H and O–H groups in total. The second kappa shape index (κ2) is 9.60. The molecule has 1 heterocycles. The van der Waals surface area contributed by atoms with Gasteiger partial charge in [0.05, 0.1) is 6.04 Å². The minimum Gasteiger partial charge on any atom is -0.375 e. The van der Waals surface area contributed by atoms with Gasteiger partial charge in [0.1, 0.15) is 24.1 Å². The highest BCUT2D eigenvalue weighted by molar-refractivity contribution is 7.97. The van der Waals surface area contributed by atoms with Crippen molar-refractivity contribution in [1.82, 2.24) is 9.62 Å². The summed E-state index contributed by atoms with van der Waals surface area (Å²) in [6.07, 6.45) is 1.59. The number of halogens is 5. The lowest BCUT2D eigenvalue weighted by molar-refractivity contribution is -0.136. The van der Waals surface area contributed by atoms with Gasteiger partial charge in [0.2, 0.25) is 5.91 Å². The minimum atomic E-state index is -2.65. The Bertz CT molecular complexity index is 1010. The van der Waals surface area contributed by atoms with E-state index in [9.17, 15) is 22.4 Å². The standard InChI is InChI=1S/C23H23F5N2O2S/c1-32-11-19(31)30-12-23(5-6-23)21(29-33-22(27)28)18(30)9-13-3-2-4-17(20(13)26)14-7-15(24)10-16(25)8-14/h2-4,7-8,10,18,21-22,29H,5-6,9,11-12H2,1H3. The van der Waals surface area contributed by atoms with Crippen molar-refractivity contribution < 1.29 is 31.5 Å². The van der Waals surface area contributed by atoms with Crippen LogP contribution < -0.4 is 4.72 Å². The molecule has 2 atom stereocenters. The first-order valence-electron chi connectivity index (χ1n) is 10.5. The summed E-state index contributed by atoms with van der Waals surface area (Å²) in [7, 11) is 1.39. The van der Waals surface area contributed by atoms with E-state index in [0.717, 1.165) is 25.0 Å². The molecule has 2 aromatic rings. The SMILES string of the molecule is COCC(=O)N1CC2(CC2)C(NSC(F)F)C1Cc1cccc(-c2cc(F)cc(F)c2)c1F. The molecule has 33 heavy (non-hydrogen) atoms. The predicted octanol–water partition coefficient (Wildman–Crippen LogP) is 4.78. The van der Waals surface area contributed by atoms with Gasteiger partial charge in [-0.15, -0.1) is 0 Å². The van der Waals surface area contributed by atoms with Gasteiger partial charge < -0.3 is 9.64 Å². The average Bonchev–Trinajstić information content (AvgIpc) is 3.45. The predicted molar refractivity (Wildman–Crippen MR) is 115 cm³/mol. The molecule has 0 bridgehead atoms. The van der Waals surface area contributed by atoms with Crippen LogP contribution in [-0.2, 0) is 16.0 Å². The molecule has 1 aliphatic heterocycles. The molecule has 2 fully saturated rings. The molecule has 4 rings (SSSR count). The van der Waals surface area contributed by atoms with Gasteiger partial charge in [-0.25, -0.2) is 13.2 Å². The van der Waals surface area contributed by atoms with Gasteiger partial charge in [-0.2, -0.15) is 8.78 Å². The number of benzene rings is 2. The number of hydrogen-bond donors (Lipinski definition) is 1. The number of likely N-dealkylation sites (tertiary alicyclic amines) is 1. The highest BCUT2D eigenvalue weighted by atomic mass is 32.2. The third-order valence-corrected chi connectivity index (χ3v) is 6.94. The molecule has 1 amide bonds. The maximum absolute atomic E-state index is 15.5. The lowest BCUT2D eigenvalue weighted by atomic mass is 9.91. The van der Waals surface area contributed by atoms with Crippen molar-refractivity contribution in [2.75, 3.05) is 20.3 Å². The normalized spacial score (nSPS) is 21.2. The number of amides is 1. The number of hydrogen-bond acceptors (Lipinski definition) is 4. The quantitative estimate of drug-likeness (QED) is 0.431. The minimum absolute atomic E-state index is 0.0197. The zero-order valence-corrected chi connectivity index (χ0v) is 18.6. The van der Waals surface area contributed by atoms with Crippen molar-refractivity contribution in [1.29, 1.82) is 0 Å². The second-order valence-corrected chi connectivity index (χ2v) is 9.33. The highest BCUT2D eigenvalue weighted by Gasteiger charge is 2.60. The number of ether oxygens (including phenoxy) is 1. The molecule has 178 valence electrons. The first kappa shape index (κ1) is 24.0. The van der Waals surface area contributed by atoms with Gasteiger partial charge in [-0.1, -0.05) is 18.2 Å². The van der Waals surface area contributed by atoms with Crippen LogP contribution in [0.3, 0.4) is 0 Å². The highest BCUT2D eigenvalue weighted by Crippen LogP contribution is 2.56. The summed E-state index contributed by atoms with van der Waals surface area (Å²) in [4.78, 5) is 14.3. The lowest BCUT2D eigenvalue weighted by Gasteiger charge is -2.29. The summed E-state index contributed by atoms with van der Waals surface area (Å²) >= 11 is 0.290. The summed E-state index contributed by atoms with van der Waals surface area (Å²) in [5.74, 6) is -5.27. The topological polar surface area (TPSA) is 41.6 Å². The van der Waals surface area contributed by atoms with Crippen LogP contribution in [0.1, 0.15) is 18.4 Å². The molecule has 10 heteroatoms. The second-order valence-electron chi connectivity index (χ2n) is 8.50. The summed E-state index contributed by atoms with van der Waals surface area (Å²) < 4.78 is 76.5. The van der Waals surface area contributed by atoms with Crippen molar-refractivity contribution in [2.45, 2.75) is 37.1 Å². The van der Waals surface area contributed by atoms with Crippen LogP contribution in [0.4, 0.5) is 22.0 Å². The van der Waals surface area contributed by atoms with Gasteiger partial charge >= 0.3 is 0 Å². The molecular weight excluding hydrogens is 463 g/mol. The summed E-state index contributed by atoms with van der Waals surface area (Å²) in [5.41, 5.74) is -0.0437. The average molecular weight is 487 g/mol. The molecule has 0 aromatic heterocycles. The van der Waals surface area contributed by atoms with Crippen molar-refractivity contribution in [3.63, 3.8) is 0 Å². The van der Waals surface area contributed by atoms with E-state index in [1.807, 2.05) is 0 Å². The molecule has 2 unspecified atom stereocenters. The maximum atomic E-state index is 15.5. The molecule has 1 saturated heterocycles. The van der Waals surface area contributed by atoms with E-state index < -0.39 is 35.3 Å². The van der Waals surface area contributed by atoms with Crippen LogP contribution in [0.15, 0.2) is 36.4 Å². The van der Waals surface area contributed by atoms with E-state index >= 15 is 4.39 Å². The fourth-order valence-electron chi connectivity index (χ4n) is 4.70. The molecule has 1 saturated carbocycles. The van der Waals surface area contributed by atoms with Crippen LogP contribution in [0, 0.1) is 22.9 Å². The van der Waals surface area contributed by atoms with E-state index in [-0.39, 0.29) is 41.0 Å². The summed E-state index contributed by atoms with van der Waals surface area (Å²) in [5, 5.41) is 0. The van der Waals surface area contributed by atoms with Crippen molar-refractivity contribution in [3.05, 3.63) is 59.4 Å². The zero-order valence-electron chi connectivity index (χ0n) is 17.8. The zero-order chi connectivity index (χ0) is 23.8. The molecule has 4 nitrogen and oxygen atoms in total. The van der Waals surface area contributed by atoms with Crippen LogP contribution in [-0.4, -0.2) is 48.9 Å². The summed E-state index contributed by atoms with van der Waals surface area (Å²) in [6, 6.07) is 6.24. The molecule has 0 radical (unpaired) electrons. The van der Waals surface area contributed by atoms with Crippen LogP contribution in [0.5, 0.6) is 0 Å². The van der Waals surface area contributed by atoms with Crippen LogP contribution >= 0.6 is 11.9 Å². The fourth-order valence-corrected chi connectivity index (χ4v) is 5.36. The Morgan fingerprint density at radius 1 is 1.21 bits per heavy atom. The van der Waals surface area contributed by atoms with E-state index in [1.54, 1.807) is 11.0 Å². The third-order valence-electron chi connectivity index (χ3n) is 6.38. The number of nitrogens with one attached hydrogen (secondary N) is 1. The van der Waals surface area contributed by atoms with Gasteiger partial charge in [0, 0.05) is 36.7 Å². The number of carbonyl (C=O) groups is 1.